The second-order valence-corrected chi connectivity index (χ2v) is 5.14. The highest BCUT2D eigenvalue weighted by Gasteiger charge is 2.09. The average molecular weight is 332 g/mol. The lowest BCUT2D eigenvalue weighted by Gasteiger charge is -2.08. The Balaban J connectivity index is 1.82. The monoisotopic (exact) mass is 332 g/mol. The van der Waals surface area contributed by atoms with E-state index in [1.54, 1.807) is 31.4 Å². The lowest BCUT2D eigenvalue weighted by molar-refractivity contribution is 0.0949. The Morgan fingerprint density at radius 2 is 2.08 bits per heavy atom. The van der Waals surface area contributed by atoms with Crippen molar-refractivity contribution >= 4 is 11.9 Å². The summed E-state index contributed by atoms with van der Waals surface area (Å²) in [6.07, 6.45) is 2.77. The minimum atomic E-state index is -0.311. The van der Waals surface area contributed by atoms with Crippen molar-refractivity contribution in [2.24, 2.45) is 0 Å². The Bertz CT molecular complexity index is 667. The zero-order valence-corrected chi connectivity index (χ0v) is 13.6. The molecule has 0 spiro atoms. The first kappa shape index (κ1) is 17.8. The van der Waals surface area contributed by atoms with E-state index in [-0.39, 0.29) is 17.4 Å². The van der Waals surface area contributed by atoms with E-state index in [0.29, 0.717) is 37.6 Å². The molecule has 1 aromatic heterocycles. The summed E-state index contributed by atoms with van der Waals surface area (Å²) in [6, 6.07) is 8.06. The van der Waals surface area contributed by atoms with Crippen LogP contribution in [0.2, 0.25) is 0 Å². The standard InChI is InChI=1S/C17H21FN4O2/c1-24-12-4-9-20-17-21-11-8-15(22-17)16(23)19-10-7-13-5-2-3-6-14(13)18/h2-3,5-6,8,11H,4,7,9-10,12H2,1H3,(H,19,23)(H,20,21,22). The number of rotatable bonds is 9. The lowest BCUT2D eigenvalue weighted by Crippen LogP contribution is -2.27. The lowest BCUT2D eigenvalue weighted by atomic mass is 10.1. The number of carbonyl (C=O) groups excluding carboxylic acids is 1. The molecule has 2 N–H and O–H groups in total. The second kappa shape index (κ2) is 9.57. The maximum absolute atomic E-state index is 13.5. The van der Waals surface area contributed by atoms with Crippen LogP contribution >= 0.6 is 0 Å². The summed E-state index contributed by atoms with van der Waals surface area (Å²) in [4.78, 5) is 20.3. The molecule has 0 aliphatic heterocycles. The third-order valence-corrected chi connectivity index (χ3v) is 3.33. The van der Waals surface area contributed by atoms with Crippen molar-refractivity contribution in [1.82, 2.24) is 15.3 Å². The maximum atomic E-state index is 13.5. The molecule has 24 heavy (non-hydrogen) atoms. The molecule has 2 rings (SSSR count). The van der Waals surface area contributed by atoms with E-state index in [0.717, 1.165) is 6.42 Å². The number of methoxy groups -OCH3 is 1. The van der Waals surface area contributed by atoms with Gasteiger partial charge in [0.15, 0.2) is 0 Å². The minimum absolute atomic E-state index is 0.267. The van der Waals surface area contributed by atoms with Gasteiger partial charge in [0.05, 0.1) is 0 Å². The van der Waals surface area contributed by atoms with E-state index in [4.69, 9.17) is 4.74 Å². The van der Waals surface area contributed by atoms with Crippen molar-refractivity contribution in [3.63, 3.8) is 0 Å². The number of nitrogens with one attached hydrogen (secondary N) is 2. The van der Waals surface area contributed by atoms with Gasteiger partial charge in [-0.05, 0) is 30.5 Å². The number of hydrogen-bond donors (Lipinski definition) is 2. The van der Waals surface area contributed by atoms with Gasteiger partial charge in [-0.1, -0.05) is 18.2 Å². The molecule has 1 aromatic carbocycles. The highest BCUT2D eigenvalue weighted by molar-refractivity contribution is 5.92. The number of aromatic nitrogens is 2. The molecule has 0 unspecified atom stereocenters. The molecule has 1 amide bonds. The van der Waals surface area contributed by atoms with E-state index in [2.05, 4.69) is 20.6 Å². The van der Waals surface area contributed by atoms with Crippen LogP contribution in [-0.4, -0.2) is 42.7 Å². The third kappa shape index (κ3) is 5.58. The Morgan fingerprint density at radius 3 is 2.88 bits per heavy atom. The summed E-state index contributed by atoms with van der Waals surface area (Å²) in [6.45, 7) is 1.63. The summed E-state index contributed by atoms with van der Waals surface area (Å²) in [5.41, 5.74) is 0.841. The number of nitrogens with zero attached hydrogens (tertiary/aromatic N) is 2. The van der Waals surface area contributed by atoms with E-state index < -0.39 is 0 Å². The van der Waals surface area contributed by atoms with Crippen molar-refractivity contribution in [3.8, 4) is 0 Å². The van der Waals surface area contributed by atoms with Gasteiger partial charge in [-0.15, -0.1) is 0 Å². The van der Waals surface area contributed by atoms with Crippen LogP contribution in [-0.2, 0) is 11.2 Å². The minimum Gasteiger partial charge on any atom is -0.385 e. The second-order valence-electron chi connectivity index (χ2n) is 5.14. The van der Waals surface area contributed by atoms with Crippen LogP contribution in [0.25, 0.3) is 0 Å². The van der Waals surface area contributed by atoms with Crippen LogP contribution in [0, 0.1) is 5.82 Å². The van der Waals surface area contributed by atoms with Crippen LogP contribution in [0.3, 0.4) is 0 Å². The first-order valence-corrected chi connectivity index (χ1v) is 7.78. The van der Waals surface area contributed by atoms with Crippen LogP contribution in [0.15, 0.2) is 36.5 Å². The summed E-state index contributed by atoms with van der Waals surface area (Å²) in [5, 5.41) is 5.77. The smallest absolute Gasteiger partial charge is 0.270 e. The largest absolute Gasteiger partial charge is 0.385 e. The van der Waals surface area contributed by atoms with Crippen LogP contribution < -0.4 is 10.6 Å². The fourth-order valence-corrected chi connectivity index (χ4v) is 2.09. The number of amides is 1. The quantitative estimate of drug-likeness (QED) is 0.687. The van der Waals surface area contributed by atoms with Gasteiger partial charge in [0.1, 0.15) is 11.5 Å². The highest BCUT2D eigenvalue weighted by Crippen LogP contribution is 2.06. The van der Waals surface area contributed by atoms with Crippen LogP contribution in [0.1, 0.15) is 22.5 Å². The molecule has 6 nitrogen and oxygen atoms in total. The number of anilines is 1. The summed E-state index contributed by atoms with van der Waals surface area (Å²) < 4.78 is 18.5. The zero-order chi connectivity index (χ0) is 17.2. The molecule has 0 fully saturated rings. The van der Waals surface area contributed by atoms with E-state index in [1.807, 2.05) is 0 Å². The Hall–Kier alpha value is -2.54. The molecule has 7 heteroatoms. The molecule has 0 bridgehead atoms. The molecule has 1 heterocycles. The van der Waals surface area contributed by atoms with Gasteiger partial charge in [0, 0.05) is 33.0 Å². The predicted octanol–water partition coefficient (Wildman–Crippen LogP) is 2.04. The van der Waals surface area contributed by atoms with E-state index in [1.165, 1.54) is 12.3 Å². The summed E-state index contributed by atoms with van der Waals surface area (Å²) in [5.74, 6) is -0.183. The molecular formula is C17H21FN4O2. The first-order chi connectivity index (χ1) is 11.7. The van der Waals surface area contributed by atoms with Crippen molar-refractivity contribution in [2.45, 2.75) is 12.8 Å². The SMILES string of the molecule is COCCCNc1nccc(C(=O)NCCc2ccccc2F)n1. The fraction of sp³-hybridized carbons (Fsp3) is 0.353. The molecular weight excluding hydrogens is 311 g/mol. The van der Waals surface area contributed by atoms with Gasteiger partial charge in [-0.25, -0.2) is 14.4 Å². The number of benzene rings is 1. The summed E-state index contributed by atoms with van der Waals surface area (Å²) >= 11 is 0. The third-order valence-electron chi connectivity index (χ3n) is 3.33. The van der Waals surface area contributed by atoms with E-state index >= 15 is 0 Å². The van der Waals surface area contributed by atoms with Crippen molar-refractivity contribution in [3.05, 3.63) is 53.6 Å². The van der Waals surface area contributed by atoms with Gasteiger partial charge in [0.25, 0.3) is 5.91 Å². The van der Waals surface area contributed by atoms with Crippen molar-refractivity contribution < 1.29 is 13.9 Å². The first-order valence-electron chi connectivity index (χ1n) is 7.78. The van der Waals surface area contributed by atoms with E-state index in [9.17, 15) is 9.18 Å². The number of halogens is 1. The molecule has 0 atom stereocenters. The van der Waals surface area contributed by atoms with Gasteiger partial charge in [0.2, 0.25) is 5.95 Å². The predicted molar refractivity (Wildman–Crippen MR) is 89.5 cm³/mol. The van der Waals surface area contributed by atoms with Crippen molar-refractivity contribution in [2.75, 3.05) is 32.1 Å². The van der Waals surface area contributed by atoms with Gasteiger partial charge in [-0.2, -0.15) is 0 Å². The molecule has 0 saturated heterocycles. The normalized spacial score (nSPS) is 10.4. The number of hydrogen-bond acceptors (Lipinski definition) is 5. The molecule has 2 aromatic rings. The molecule has 0 aliphatic carbocycles. The van der Waals surface area contributed by atoms with Crippen molar-refractivity contribution in [1.29, 1.82) is 0 Å². The van der Waals surface area contributed by atoms with Crippen LogP contribution in [0.5, 0.6) is 0 Å². The molecule has 128 valence electrons. The Morgan fingerprint density at radius 1 is 1.25 bits per heavy atom. The van der Waals surface area contributed by atoms with Crippen LogP contribution in [0.4, 0.5) is 10.3 Å². The van der Waals surface area contributed by atoms with Gasteiger partial charge in [-0.3, -0.25) is 4.79 Å². The van der Waals surface area contributed by atoms with Gasteiger partial charge < -0.3 is 15.4 Å². The average Bonchev–Trinajstić information content (AvgIpc) is 2.60. The Kier molecular flexibility index (Phi) is 7.10. The van der Waals surface area contributed by atoms with Gasteiger partial charge >= 0.3 is 0 Å². The number of ether oxygens (including phenoxy) is 1. The summed E-state index contributed by atoms with van der Waals surface area (Å²) in [7, 11) is 1.64. The Labute approximate surface area is 140 Å². The molecule has 0 saturated carbocycles. The highest BCUT2D eigenvalue weighted by atomic mass is 19.1. The number of carbonyl (C=O) groups is 1. The zero-order valence-electron chi connectivity index (χ0n) is 13.6. The molecule has 0 radical (unpaired) electrons. The molecule has 0 aliphatic rings. The maximum Gasteiger partial charge on any atom is 0.270 e. The topological polar surface area (TPSA) is 76.1 Å². The fourth-order valence-electron chi connectivity index (χ4n) is 2.09.